The number of rotatable bonds is 5. The Morgan fingerprint density at radius 1 is 0.970 bits per heavy atom. The van der Waals surface area contributed by atoms with E-state index in [0.29, 0.717) is 24.9 Å². The lowest BCUT2D eigenvalue weighted by atomic mass is 9.95. The molecule has 1 aliphatic heterocycles. The van der Waals surface area contributed by atoms with Gasteiger partial charge in [-0.05, 0) is 41.8 Å². The molecule has 0 bridgehead atoms. The number of hydrogen-bond acceptors (Lipinski definition) is 4. The molecule has 2 amide bonds. The number of carbonyl (C=O) groups excluding carboxylic acids is 2. The Morgan fingerprint density at radius 3 is 2.45 bits per heavy atom. The van der Waals surface area contributed by atoms with Crippen LogP contribution in [0.25, 0.3) is 10.8 Å². The number of sulfone groups is 1. The summed E-state index contributed by atoms with van der Waals surface area (Å²) < 4.78 is 50.0. The molecule has 0 saturated carbocycles. The van der Waals surface area contributed by atoms with Crippen molar-refractivity contribution in [1.29, 1.82) is 0 Å². The molecule has 0 aliphatic carbocycles. The van der Waals surface area contributed by atoms with E-state index in [9.17, 15) is 26.8 Å². The molecule has 0 aromatic heterocycles. The maximum atomic E-state index is 13.2. The number of piperidine rings is 1. The number of nitrogens with one attached hydrogen (secondary N) is 1. The van der Waals surface area contributed by atoms with Gasteiger partial charge in [0.15, 0.2) is 0 Å². The summed E-state index contributed by atoms with van der Waals surface area (Å²) in [5.41, 5.74) is 0.350. The van der Waals surface area contributed by atoms with Crippen molar-refractivity contribution in [2.45, 2.75) is 23.5 Å². The van der Waals surface area contributed by atoms with Crippen LogP contribution in [-0.2, 0) is 14.6 Å². The molecule has 1 unspecified atom stereocenters. The van der Waals surface area contributed by atoms with Crippen LogP contribution >= 0.6 is 0 Å². The van der Waals surface area contributed by atoms with Gasteiger partial charge in [0, 0.05) is 18.7 Å². The van der Waals surface area contributed by atoms with E-state index in [1.165, 1.54) is 18.2 Å². The fourth-order valence-corrected chi connectivity index (χ4v) is 4.99. The highest BCUT2D eigenvalue weighted by atomic mass is 32.2. The highest BCUT2D eigenvalue weighted by molar-refractivity contribution is 7.91. The molecule has 1 heterocycles. The second kappa shape index (κ2) is 9.27. The van der Waals surface area contributed by atoms with E-state index < -0.39 is 32.3 Å². The molecule has 1 aliphatic rings. The number of anilines is 1. The number of carbonyl (C=O) groups is 2. The van der Waals surface area contributed by atoms with Gasteiger partial charge in [-0.2, -0.15) is 8.78 Å². The van der Waals surface area contributed by atoms with Gasteiger partial charge in [-0.1, -0.05) is 48.5 Å². The minimum absolute atomic E-state index is 0.150. The second-order valence-corrected chi connectivity index (χ2v) is 9.79. The lowest BCUT2D eigenvalue weighted by Gasteiger charge is -2.32. The molecule has 1 fully saturated rings. The van der Waals surface area contributed by atoms with E-state index >= 15 is 0 Å². The third kappa shape index (κ3) is 4.59. The zero-order chi connectivity index (χ0) is 23.6. The van der Waals surface area contributed by atoms with Crippen LogP contribution in [0.15, 0.2) is 71.6 Å². The number of benzene rings is 3. The van der Waals surface area contributed by atoms with Gasteiger partial charge >= 0.3 is 5.76 Å². The average molecular weight is 473 g/mol. The third-order valence-electron chi connectivity index (χ3n) is 5.79. The summed E-state index contributed by atoms with van der Waals surface area (Å²) in [7, 11) is -4.88. The molecule has 0 radical (unpaired) electrons. The topological polar surface area (TPSA) is 83.6 Å². The van der Waals surface area contributed by atoms with Gasteiger partial charge in [0.05, 0.1) is 16.5 Å². The summed E-state index contributed by atoms with van der Waals surface area (Å²) >= 11 is 0. The van der Waals surface area contributed by atoms with Gasteiger partial charge in [-0.25, -0.2) is 8.42 Å². The Hall–Kier alpha value is -3.33. The number of nitrogens with zero attached hydrogens (tertiary/aromatic N) is 1. The van der Waals surface area contributed by atoms with E-state index in [1.54, 1.807) is 11.0 Å². The molecule has 6 nitrogen and oxygen atoms in total. The summed E-state index contributed by atoms with van der Waals surface area (Å²) in [5, 5.41) is 4.24. The van der Waals surface area contributed by atoms with Gasteiger partial charge in [-0.15, -0.1) is 0 Å². The first kappa shape index (κ1) is 22.8. The first-order valence-corrected chi connectivity index (χ1v) is 12.0. The predicted octanol–water partition coefficient (Wildman–Crippen LogP) is 4.33. The van der Waals surface area contributed by atoms with Crippen LogP contribution < -0.4 is 5.32 Å². The highest BCUT2D eigenvalue weighted by Crippen LogP contribution is 2.28. The van der Waals surface area contributed by atoms with Crippen molar-refractivity contribution in [3.8, 4) is 0 Å². The Labute approximate surface area is 190 Å². The fraction of sp³-hybridized carbons (Fsp3) is 0.250. The zero-order valence-electron chi connectivity index (χ0n) is 17.6. The predicted molar refractivity (Wildman–Crippen MR) is 121 cm³/mol. The Morgan fingerprint density at radius 2 is 1.67 bits per heavy atom. The molecule has 1 N–H and O–H groups in total. The molecular formula is C24H22F2N2O4S. The minimum atomic E-state index is -4.88. The zero-order valence-corrected chi connectivity index (χ0v) is 18.4. The quantitative estimate of drug-likeness (QED) is 0.599. The van der Waals surface area contributed by atoms with E-state index in [4.69, 9.17) is 0 Å². The summed E-state index contributed by atoms with van der Waals surface area (Å²) in [6.45, 7) is 0.639. The van der Waals surface area contributed by atoms with Gasteiger partial charge < -0.3 is 10.2 Å². The molecule has 3 aromatic carbocycles. The summed E-state index contributed by atoms with van der Waals surface area (Å²) in [6.07, 6.45) is 1.08. The summed E-state index contributed by atoms with van der Waals surface area (Å²) in [4.78, 5) is 27.1. The summed E-state index contributed by atoms with van der Waals surface area (Å²) in [6, 6.07) is 18.1. The molecule has 172 valence electrons. The fourth-order valence-electron chi connectivity index (χ4n) is 4.11. The maximum Gasteiger partial charge on any atom is 0.341 e. The number of para-hydroxylation sites is 1. The maximum absolute atomic E-state index is 13.2. The van der Waals surface area contributed by atoms with Crippen molar-refractivity contribution in [2.75, 3.05) is 18.4 Å². The van der Waals surface area contributed by atoms with Crippen LogP contribution in [0.5, 0.6) is 0 Å². The van der Waals surface area contributed by atoms with Crippen molar-refractivity contribution >= 4 is 38.1 Å². The van der Waals surface area contributed by atoms with Gasteiger partial charge in [-0.3, -0.25) is 9.59 Å². The smallest absolute Gasteiger partial charge is 0.338 e. The van der Waals surface area contributed by atoms with Crippen molar-refractivity contribution in [1.82, 2.24) is 4.90 Å². The molecule has 4 rings (SSSR count). The molecule has 3 aromatic rings. The van der Waals surface area contributed by atoms with Crippen molar-refractivity contribution in [3.63, 3.8) is 0 Å². The molecule has 33 heavy (non-hydrogen) atoms. The van der Waals surface area contributed by atoms with Crippen molar-refractivity contribution in [2.24, 2.45) is 5.92 Å². The van der Waals surface area contributed by atoms with E-state index in [-0.39, 0.29) is 18.1 Å². The van der Waals surface area contributed by atoms with Gasteiger partial charge in [0.2, 0.25) is 15.7 Å². The summed E-state index contributed by atoms with van der Waals surface area (Å²) in [5.74, 6) is -4.90. The first-order chi connectivity index (χ1) is 15.8. The van der Waals surface area contributed by atoms with Crippen LogP contribution in [0, 0.1) is 5.92 Å². The molecule has 0 spiro atoms. The molecule has 9 heteroatoms. The van der Waals surface area contributed by atoms with E-state index in [0.717, 1.165) is 16.8 Å². The van der Waals surface area contributed by atoms with Crippen LogP contribution in [0.1, 0.15) is 23.2 Å². The number of amides is 2. The van der Waals surface area contributed by atoms with Crippen LogP contribution in [0.4, 0.5) is 14.5 Å². The lowest BCUT2D eigenvalue weighted by molar-refractivity contribution is -0.121. The lowest BCUT2D eigenvalue weighted by Crippen LogP contribution is -2.43. The highest BCUT2D eigenvalue weighted by Gasteiger charge is 2.32. The normalized spacial score (nSPS) is 16.7. The number of likely N-dealkylation sites (tertiary alicyclic amines) is 1. The van der Waals surface area contributed by atoms with Crippen LogP contribution in [-0.4, -0.2) is 44.0 Å². The van der Waals surface area contributed by atoms with Gasteiger partial charge in [0.1, 0.15) is 0 Å². The van der Waals surface area contributed by atoms with Crippen molar-refractivity contribution < 1.29 is 26.8 Å². The monoisotopic (exact) mass is 472 g/mol. The minimum Gasteiger partial charge on any atom is -0.338 e. The van der Waals surface area contributed by atoms with Crippen LogP contribution in [0.3, 0.4) is 0 Å². The van der Waals surface area contributed by atoms with E-state index in [1.807, 2.05) is 36.4 Å². The van der Waals surface area contributed by atoms with Crippen LogP contribution in [0.2, 0.25) is 0 Å². The molecular weight excluding hydrogens is 450 g/mol. The number of alkyl halides is 2. The largest absolute Gasteiger partial charge is 0.341 e. The van der Waals surface area contributed by atoms with E-state index in [2.05, 4.69) is 5.32 Å². The Kier molecular flexibility index (Phi) is 6.42. The number of hydrogen-bond donors (Lipinski definition) is 1. The SMILES string of the molecule is O=C(Nc1ccccc1S(=O)(=O)C(F)F)C1CCCN(C(=O)c2cccc3ccccc23)C1. The average Bonchev–Trinajstić information content (AvgIpc) is 2.83. The first-order valence-electron chi connectivity index (χ1n) is 10.5. The third-order valence-corrected chi connectivity index (χ3v) is 7.22. The second-order valence-electron chi connectivity index (χ2n) is 7.91. The number of fused-ring (bicyclic) bond motifs is 1. The number of halogens is 2. The molecule has 1 saturated heterocycles. The Balaban J connectivity index is 1.53. The van der Waals surface area contributed by atoms with Gasteiger partial charge in [0.25, 0.3) is 5.91 Å². The van der Waals surface area contributed by atoms with Crippen molar-refractivity contribution in [3.05, 3.63) is 72.3 Å². The standard InChI is InChI=1S/C24H22F2N2O4S/c25-24(26)33(31,32)21-13-4-3-12-20(21)27-22(29)17-9-6-14-28(15-17)23(30)19-11-5-8-16-7-1-2-10-18(16)19/h1-5,7-8,10-13,17,24H,6,9,14-15H2,(H,27,29). The Bertz CT molecular complexity index is 1310. The molecule has 1 atom stereocenters.